The molecular formula is C18H18FN5O2. The summed E-state index contributed by atoms with van der Waals surface area (Å²) >= 11 is 0. The highest BCUT2D eigenvalue weighted by Crippen LogP contribution is 2.36. The van der Waals surface area contributed by atoms with Gasteiger partial charge in [-0.25, -0.2) is 4.39 Å². The van der Waals surface area contributed by atoms with Crippen LogP contribution in [0.3, 0.4) is 0 Å². The minimum Gasteiger partial charge on any atom is -0.365 e. The van der Waals surface area contributed by atoms with Crippen molar-refractivity contribution in [2.45, 2.75) is 25.3 Å². The molecule has 1 unspecified atom stereocenters. The van der Waals surface area contributed by atoms with E-state index < -0.39 is 5.91 Å². The number of anilines is 2. The Labute approximate surface area is 149 Å². The average molecular weight is 355 g/mol. The van der Waals surface area contributed by atoms with Crippen molar-refractivity contribution in [1.29, 1.82) is 5.26 Å². The fraction of sp³-hybridized carbons (Fsp3) is 0.333. The number of nitrogens with one attached hydrogen (secondary N) is 1. The molecular weight excluding hydrogens is 337 g/mol. The molecule has 134 valence electrons. The van der Waals surface area contributed by atoms with Crippen molar-refractivity contribution in [3.63, 3.8) is 0 Å². The lowest BCUT2D eigenvalue weighted by Gasteiger charge is -2.30. The first kappa shape index (κ1) is 17.6. The zero-order valence-corrected chi connectivity index (χ0v) is 13.9. The summed E-state index contributed by atoms with van der Waals surface area (Å²) in [6, 6.07) is 7.61. The summed E-state index contributed by atoms with van der Waals surface area (Å²) in [6.45, 7) is 0. The van der Waals surface area contributed by atoms with Crippen LogP contribution in [0, 0.1) is 29.0 Å². The predicted octanol–water partition coefficient (Wildman–Crippen LogP) is 2.54. The molecule has 8 heteroatoms. The van der Waals surface area contributed by atoms with Crippen molar-refractivity contribution in [3.05, 3.63) is 41.8 Å². The predicted molar refractivity (Wildman–Crippen MR) is 92.0 cm³/mol. The van der Waals surface area contributed by atoms with Crippen LogP contribution >= 0.6 is 0 Å². The maximum absolute atomic E-state index is 13.0. The van der Waals surface area contributed by atoms with E-state index in [0.29, 0.717) is 24.9 Å². The van der Waals surface area contributed by atoms with Crippen molar-refractivity contribution in [2.24, 2.45) is 17.6 Å². The fourth-order valence-electron chi connectivity index (χ4n) is 3.27. The number of nitrogens with two attached hydrogens (primary N) is 1. The van der Waals surface area contributed by atoms with Gasteiger partial charge in [0.2, 0.25) is 0 Å². The summed E-state index contributed by atoms with van der Waals surface area (Å²) in [4.78, 5) is 22.8. The summed E-state index contributed by atoms with van der Waals surface area (Å²) in [6.07, 6.45) is 4.15. The second-order valence-corrected chi connectivity index (χ2v) is 6.38. The highest BCUT2D eigenvalue weighted by Gasteiger charge is 2.33. The molecule has 0 spiro atoms. The summed E-state index contributed by atoms with van der Waals surface area (Å²) in [5.74, 6) is -1.29. The first-order valence-corrected chi connectivity index (χ1v) is 8.28. The summed E-state index contributed by atoms with van der Waals surface area (Å²) in [5, 5.41) is 16.8. The third-order valence-electron chi connectivity index (χ3n) is 4.66. The van der Waals surface area contributed by atoms with Gasteiger partial charge in [0.15, 0.2) is 5.82 Å². The molecule has 1 aliphatic carbocycles. The average Bonchev–Trinajstić information content (AvgIpc) is 3.07. The number of carbonyl (C=O) groups excluding carboxylic acids is 2. The molecule has 0 bridgehead atoms. The smallest absolute Gasteiger partial charge is 0.254 e. The Balaban J connectivity index is 1.89. The van der Waals surface area contributed by atoms with Gasteiger partial charge in [-0.3, -0.25) is 9.48 Å². The maximum Gasteiger partial charge on any atom is 0.254 e. The third-order valence-corrected chi connectivity index (χ3v) is 4.66. The van der Waals surface area contributed by atoms with Crippen LogP contribution in [0.4, 0.5) is 15.9 Å². The number of aldehydes is 1. The van der Waals surface area contributed by atoms with Gasteiger partial charge in [-0.15, -0.1) is 0 Å². The Bertz CT molecular complexity index is 855. The molecule has 26 heavy (non-hydrogen) atoms. The van der Waals surface area contributed by atoms with E-state index in [1.165, 1.54) is 30.5 Å². The van der Waals surface area contributed by atoms with Gasteiger partial charge in [0.1, 0.15) is 17.7 Å². The zero-order valence-electron chi connectivity index (χ0n) is 13.9. The molecule has 7 nitrogen and oxygen atoms in total. The minimum absolute atomic E-state index is 0.126. The monoisotopic (exact) mass is 355 g/mol. The van der Waals surface area contributed by atoms with Crippen LogP contribution in [0.1, 0.15) is 35.7 Å². The molecule has 1 fully saturated rings. The van der Waals surface area contributed by atoms with Crippen LogP contribution in [-0.4, -0.2) is 22.0 Å². The molecule has 2 aromatic rings. The molecule has 3 rings (SSSR count). The summed E-state index contributed by atoms with van der Waals surface area (Å²) in [5.41, 5.74) is 6.18. The molecule has 1 aromatic carbocycles. The largest absolute Gasteiger partial charge is 0.365 e. The molecule has 0 saturated heterocycles. The van der Waals surface area contributed by atoms with E-state index in [9.17, 15) is 19.2 Å². The van der Waals surface area contributed by atoms with Crippen molar-refractivity contribution >= 4 is 23.7 Å². The van der Waals surface area contributed by atoms with Crippen LogP contribution < -0.4 is 11.1 Å². The molecule has 0 aliphatic heterocycles. The second kappa shape index (κ2) is 7.35. The molecule has 3 atom stereocenters. The van der Waals surface area contributed by atoms with Crippen LogP contribution in [0.25, 0.3) is 0 Å². The van der Waals surface area contributed by atoms with Gasteiger partial charge in [-0.05, 0) is 43.5 Å². The Morgan fingerprint density at radius 1 is 1.38 bits per heavy atom. The first-order valence-electron chi connectivity index (χ1n) is 8.28. The van der Waals surface area contributed by atoms with E-state index in [0.717, 1.165) is 6.29 Å². The van der Waals surface area contributed by atoms with Gasteiger partial charge in [0.25, 0.3) is 5.91 Å². The second-order valence-electron chi connectivity index (χ2n) is 6.38. The number of aromatic nitrogens is 2. The summed E-state index contributed by atoms with van der Waals surface area (Å²) in [7, 11) is 0. The van der Waals surface area contributed by atoms with E-state index in [1.807, 2.05) is 0 Å². The highest BCUT2D eigenvalue weighted by atomic mass is 19.1. The molecule has 0 radical (unpaired) electrons. The van der Waals surface area contributed by atoms with Gasteiger partial charge in [-0.2, -0.15) is 10.4 Å². The van der Waals surface area contributed by atoms with Gasteiger partial charge in [0.05, 0.1) is 18.0 Å². The SMILES string of the molecule is N#C[C@@H]1CC(C=O)CC[C@H]1n1cc(C(N)=O)c(Nc2ccc(F)cc2)n1. The highest BCUT2D eigenvalue weighted by molar-refractivity contribution is 5.98. The number of hydrogen-bond acceptors (Lipinski definition) is 5. The number of hydrogen-bond donors (Lipinski definition) is 2. The number of halogens is 1. The lowest BCUT2D eigenvalue weighted by Crippen LogP contribution is -2.27. The molecule has 1 aromatic heterocycles. The summed E-state index contributed by atoms with van der Waals surface area (Å²) < 4.78 is 14.6. The number of carbonyl (C=O) groups is 2. The van der Waals surface area contributed by atoms with E-state index >= 15 is 0 Å². The van der Waals surface area contributed by atoms with Gasteiger partial charge >= 0.3 is 0 Å². The molecule has 1 aliphatic rings. The fourth-order valence-corrected chi connectivity index (χ4v) is 3.27. The third kappa shape index (κ3) is 3.57. The Morgan fingerprint density at radius 2 is 2.12 bits per heavy atom. The number of nitriles is 1. The van der Waals surface area contributed by atoms with E-state index in [2.05, 4.69) is 16.5 Å². The number of primary amides is 1. The standard InChI is InChI=1S/C18H18FN5O2/c19-13-2-4-14(5-3-13)22-18-15(17(21)26)9-24(23-18)16-6-1-11(10-25)7-12(16)8-20/h2-5,9-12,16H,1,6-7H2,(H2,21,26)(H,22,23)/t11?,12-,16+/m0/s1. The van der Waals surface area contributed by atoms with E-state index in [4.69, 9.17) is 5.73 Å². The van der Waals surface area contributed by atoms with E-state index in [1.54, 1.807) is 4.68 Å². The van der Waals surface area contributed by atoms with Gasteiger partial charge in [0, 0.05) is 17.8 Å². The van der Waals surface area contributed by atoms with Crippen LogP contribution in [0.2, 0.25) is 0 Å². The van der Waals surface area contributed by atoms with Crippen LogP contribution in [-0.2, 0) is 4.79 Å². The number of rotatable bonds is 5. The molecule has 3 N–H and O–H groups in total. The lowest BCUT2D eigenvalue weighted by atomic mass is 9.79. The van der Waals surface area contributed by atoms with Crippen LogP contribution in [0.15, 0.2) is 30.5 Å². The minimum atomic E-state index is -0.657. The Kier molecular flexibility index (Phi) is 4.98. The molecule has 1 saturated carbocycles. The van der Waals surface area contributed by atoms with Gasteiger partial charge in [-0.1, -0.05) is 0 Å². The normalized spacial score (nSPS) is 22.4. The maximum atomic E-state index is 13.0. The Hall–Kier alpha value is -3.21. The van der Waals surface area contributed by atoms with Crippen molar-refractivity contribution < 1.29 is 14.0 Å². The number of nitrogens with zero attached hydrogens (tertiary/aromatic N) is 3. The van der Waals surface area contributed by atoms with Crippen LogP contribution in [0.5, 0.6) is 0 Å². The van der Waals surface area contributed by atoms with Gasteiger partial charge < -0.3 is 15.8 Å². The molecule has 1 heterocycles. The quantitative estimate of drug-likeness (QED) is 0.800. The lowest BCUT2D eigenvalue weighted by molar-refractivity contribution is -0.112. The topological polar surface area (TPSA) is 114 Å². The zero-order chi connectivity index (χ0) is 18.7. The first-order chi connectivity index (χ1) is 12.5. The van der Waals surface area contributed by atoms with E-state index in [-0.39, 0.29) is 35.1 Å². The van der Waals surface area contributed by atoms with Crippen molar-refractivity contribution in [1.82, 2.24) is 9.78 Å². The number of benzene rings is 1. The molecule has 1 amide bonds. The van der Waals surface area contributed by atoms with Crippen molar-refractivity contribution in [2.75, 3.05) is 5.32 Å². The number of amides is 1. The van der Waals surface area contributed by atoms with Crippen molar-refractivity contribution in [3.8, 4) is 6.07 Å². The Morgan fingerprint density at radius 3 is 2.73 bits per heavy atom.